The van der Waals surface area contributed by atoms with Gasteiger partial charge in [0.25, 0.3) is 0 Å². The molecule has 2 N–H and O–H groups in total. The summed E-state index contributed by atoms with van der Waals surface area (Å²) in [5.41, 5.74) is 1.51. The molecule has 0 aromatic heterocycles. The van der Waals surface area contributed by atoms with Crippen LogP contribution in [0, 0.1) is 0 Å². The molecule has 25 heavy (non-hydrogen) atoms. The van der Waals surface area contributed by atoms with Gasteiger partial charge in [-0.15, -0.1) is 0 Å². The zero-order valence-electron chi connectivity index (χ0n) is 14.6. The van der Waals surface area contributed by atoms with E-state index in [1.165, 1.54) is 11.1 Å². The van der Waals surface area contributed by atoms with Gasteiger partial charge in [-0.1, -0.05) is 73.5 Å². The Morgan fingerprint density at radius 3 is 2.36 bits per heavy atom. The smallest absolute Gasteiger partial charge is 0.106 e. The summed E-state index contributed by atoms with van der Waals surface area (Å²) in [6, 6.07) is 21.0. The molecular weight excluding hydrogens is 310 g/mol. The van der Waals surface area contributed by atoms with Crippen LogP contribution in [0.3, 0.4) is 0 Å². The standard InChI is InChI=1S/C22H27NO2/c24-21-15-19(18-11-5-2-6-12-18)23(16-17-9-3-1-4-10-17)20-13-7-8-14-22(20,21)25/h1-6,9-12,19-21,24-25H,7-8,13-16H2/t19-,20+,21-,22+/m1/s1. The molecule has 2 aromatic carbocycles. The molecule has 4 rings (SSSR count). The Balaban J connectivity index is 1.71. The van der Waals surface area contributed by atoms with Gasteiger partial charge in [-0.3, -0.25) is 4.90 Å². The first-order chi connectivity index (χ1) is 12.2. The minimum atomic E-state index is -0.974. The second kappa shape index (κ2) is 6.91. The summed E-state index contributed by atoms with van der Waals surface area (Å²) in [7, 11) is 0. The molecule has 2 fully saturated rings. The Labute approximate surface area is 149 Å². The summed E-state index contributed by atoms with van der Waals surface area (Å²) in [6.45, 7) is 0.806. The number of aliphatic hydroxyl groups excluding tert-OH is 1. The van der Waals surface area contributed by atoms with E-state index in [9.17, 15) is 10.2 Å². The molecule has 132 valence electrons. The summed E-state index contributed by atoms with van der Waals surface area (Å²) in [5, 5.41) is 22.1. The number of nitrogens with zero attached hydrogens (tertiary/aromatic N) is 1. The van der Waals surface area contributed by atoms with Gasteiger partial charge in [0, 0.05) is 18.6 Å². The number of hydrogen-bond donors (Lipinski definition) is 2. The monoisotopic (exact) mass is 337 g/mol. The van der Waals surface area contributed by atoms with E-state index in [0.29, 0.717) is 12.8 Å². The largest absolute Gasteiger partial charge is 0.390 e. The molecule has 3 nitrogen and oxygen atoms in total. The summed E-state index contributed by atoms with van der Waals surface area (Å²) in [4.78, 5) is 2.44. The maximum Gasteiger partial charge on any atom is 0.106 e. The van der Waals surface area contributed by atoms with Crippen molar-refractivity contribution in [3.63, 3.8) is 0 Å². The predicted octanol–water partition coefficient (Wildman–Crippen LogP) is 3.67. The molecule has 0 bridgehead atoms. The molecule has 1 aliphatic carbocycles. The van der Waals surface area contributed by atoms with E-state index in [-0.39, 0.29) is 12.1 Å². The fourth-order valence-electron chi connectivity index (χ4n) is 4.79. The quantitative estimate of drug-likeness (QED) is 0.898. The average molecular weight is 337 g/mol. The van der Waals surface area contributed by atoms with Crippen LogP contribution in [0.25, 0.3) is 0 Å². The molecule has 1 heterocycles. The van der Waals surface area contributed by atoms with E-state index in [0.717, 1.165) is 25.8 Å². The lowest BCUT2D eigenvalue weighted by Gasteiger charge is -2.55. The SMILES string of the molecule is O[C@@H]1C[C@H](c2ccccc2)N(Cc2ccccc2)[C@H]2CCCC[C@@]12O. The Hall–Kier alpha value is -1.68. The highest BCUT2D eigenvalue weighted by Gasteiger charge is 2.53. The molecule has 0 amide bonds. The van der Waals surface area contributed by atoms with Gasteiger partial charge in [0.05, 0.1) is 6.10 Å². The zero-order valence-corrected chi connectivity index (χ0v) is 14.6. The highest BCUT2D eigenvalue weighted by molar-refractivity contribution is 5.24. The second-order valence-electron chi connectivity index (χ2n) is 7.59. The lowest BCUT2D eigenvalue weighted by molar-refractivity contribution is -0.191. The van der Waals surface area contributed by atoms with Gasteiger partial charge < -0.3 is 10.2 Å². The van der Waals surface area contributed by atoms with Crippen molar-refractivity contribution in [2.45, 2.75) is 62.4 Å². The summed E-state index contributed by atoms with van der Waals surface area (Å²) < 4.78 is 0. The highest BCUT2D eigenvalue weighted by atomic mass is 16.3. The van der Waals surface area contributed by atoms with Crippen molar-refractivity contribution in [1.29, 1.82) is 0 Å². The second-order valence-corrected chi connectivity index (χ2v) is 7.59. The minimum absolute atomic E-state index is 0.00964. The molecule has 2 aromatic rings. The lowest BCUT2D eigenvalue weighted by Crippen LogP contribution is -2.65. The first-order valence-electron chi connectivity index (χ1n) is 9.43. The van der Waals surface area contributed by atoms with Gasteiger partial charge in [-0.25, -0.2) is 0 Å². The third kappa shape index (κ3) is 3.12. The van der Waals surface area contributed by atoms with Crippen LogP contribution in [0.2, 0.25) is 0 Å². The van der Waals surface area contributed by atoms with Crippen LogP contribution in [-0.2, 0) is 6.54 Å². The number of benzene rings is 2. The van der Waals surface area contributed by atoms with Gasteiger partial charge >= 0.3 is 0 Å². The highest BCUT2D eigenvalue weighted by Crippen LogP contribution is 2.46. The first kappa shape index (κ1) is 16.8. The summed E-state index contributed by atoms with van der Waals surface area (Å²) in [6.07, 6.45) is 3.69. The predicted molar refractivity (Wildman–Crippen MR) is 99.0 cm³/mol. The number of fused-ring (bicyclic) bond motifs is 1. The van der Waals surface area contributed by atoms with Gasteiger partial charge in [-0.2, -0.15) is 0 Å². The van der Waals surface area contributed by atoms with Crippen LogP contribution >= 0.6 is 0 Å². The van der Waals surface area contributed by atoms with E-state index >= 15 is 0 Å². The summed E-state index contributed by atoms with van der Waals surface area (Å²) in [5.74, 6) is 0. The number of aliphatic hydroxyl groups is 2. The molecular formula is C22H27NO2. The Kier molecular flexibility index (Phi) is 4.63. The van der Waals surface area contributed by atoms with Gasteiger partial charge in [-0.05, 0) is 30.4 Å². The van der Waals surface area contributed by atoms with Crippen LogP contribution in [0.1, 0.15) is 49.3 Å². The average Bonchev–Trinajstić information content (AvgIpc) is 2.66. The van der Waals surface area contributed by atoms with Crippen molar-refractivity contribution in [2.24, 2.45) is 0 Å². The van der Waals surface area contributed by atoms with Crippen LogP contribution < -0.4 is 0 Å². The van der Waals surface area contributed by atoms with Crippen LogP contribution in [0.5, 0.6) is 0 Å². The maximum absolute atomic E-state index is 11.3. The molecule has 1 saturated carbocycles. The van der Waals surface area contributed by atoms with Crippen LogP contribution in [0.4, 0.5) is 0 Å². The van der Waals surface area contributed by atoms with Crippen molar-refractivity contribution in [3.8, 4) is 0 Å². The van der Waals surface area contributed by atoms with E-state index in [4.69, 9.17) is 0 Å². The third-order valence-electron chi connectivity index (χ3n) is 6.10. The number of likely N-dealkylation sites (tertiary alicyclic amines) is 1. The minimum Gasteiger partial charge on any atom is -0.390 e. The zero-order chi connectivity index (χ0) is 17.3. The molecule has 0 radical (unpaired) electrons. The van der Waals surface area contributed by atoms with E-state index in [1.54, 1.807) is 0 Å². The molecule has 1 saturated heterocycles. The van der Waals surface area contributed by atoms with Gasteiger partial charge in [0.1, 0.15) is 5.60 Å². The Morgan fingerprint density at radius 1 is 0.960 bits per heavy atom. The lowest BCUT2D eigenvalue weighted by atomic mass is 9.70. The third-order valence-corrected chi connectivity index (χ3v) is 6.10. The van der Waals surface area contributed by atoms with E-state index in [2.05, 4.69) is 53.4 Å². The van der Waals surface area contributed by atoms with E-state index in [1.807, 2.05) is 12.1 Å². The van der Waals surface area contributed by atoms with Crippen molar-refractivity contribution in [3.05, 3.63) is 71.8 Å². The number of piperidine rings is 1. The van der Waals surface area contributed by atoms with Gasteiger partial charge in [0.15, 0.2) is 0 Å². The maximum atomic E-state index is 11.3. The first-order valence-corrected chi connectivity index (χ1v) is 9.43. The Morgan fingerprint density at radius 2 is 1.64 bits per heavy atom. The molecule has 1 aliphatic heterocycles. The molecule has 0 unspecified atom stereocenters. The summed E-state index contributed by atoms with van der Waals surface area (Å²) >= 11 is 0. The van der Waals surface area contributed by atoms with Crippen LogP contribution in [0.15, 0.2) is 60.7 Å². The fourth-order valence-corrected chi connectivity index (χ4v) is 4.79. The van der Waals surface area contributed by atoms with Gasteiger partial charge in [0.2, 0.25) is 0 Å². The Bertz CT molecular complexity index is 690. The van der Waals surface area contributed by atoms with Crippen molar-refractivity contribution >= 4 is 0 Å². The van der Waals surface area contributed by atoms with Crippen molar-refractivity contribution < 1.29 is 10.2 Å². The molecule has 0 spiro atoms. The molecule has 4 atom stereocenters. The fraction of sp³-hybridized carbons (Fsp3) is 0.455. The normalized spacial score (nSPS) is 33.0. The van der Waals surface area contributed by atoms with Crippen molar-refractivity contribution in [2.75, 3.05) is 0 Å². The van der Waals surface area contributed by atoms with Crippen LogP contribution in [-0.4, -0.2) is 32.9 Å². The van der Waals surface area contributed by atoms with E-state index < -0.39 is 11.7 Å². The van der Waals surface area contributed by atoms with Crippen molar-refractivity contribution in [1.82, 2.24) is 4.90 Å². The molecule has 2 aliphatic rings. The number of hydrogen-bond acceptors (Lipinski definition) is 3. The number of rotatable bonds is 3. The molecule has 3 heteroatoms. The topological polar surface area (TPSA) is 43.7 Å².